The smallest absolute Gasteiger partial charge is 0.0147 e. The van der Waals surface area contributed by atoms with Gasteiger partial charge in [0.2, 0.25) is 0 Å². The summed E-state index contributed by atoms with van der Waals surface area (Å²) >= 11 is 0. The summed E-state index contributed by atoms with van der Waals surface area (Å²) in [6, 6.07) is 0. The molecule has 0 amide bonds. The summed E-state index contributed by atoms with van der Waals surface area (Å²) in [5.41, 5.74) is 2.81. The Kier molecular flexibility index (Phi) is 4.49. The van der Waals surface area contributed by atoms with Gasteiger partial charge in [-0.25, -0.2) is 0 Å². The lowest BCUT2D eigenvalue weighted by Gasteiger charge is -2.47. The lowest BCUT2D eigenvalue weighted by atomic mass is 9.57. The molecule has 0 aromatic rings. The average molecular weight is 357 g/mol. The molecule has 0 heterocycles. The second-order valence-corrected chi connectivity index (χ2v) is 10.9. The van der Waals surface area contributed by atoms with Gasteiger partial charge in [-0.05, 0) is 103 Å². The third-order valence-corrected chi connectivity index (χ3v) is 10.9. The van der Waals surface area contributed by atoms with Gasteiger partial charge in [0.1, 0.15) is 0 Å². The van der Waals surface area contributed by atoms with E-state index in [2.05, 4.69) is 33.4 Å². The van der Waals surface area contributed by atoms with Crippen molar-refractivity contribution in [2.24, 2.45) is 45.3 Å². The van der Waals surface area contributed by atoms with Crippen molar-refractivity contribution in [1.82, 2.24) is 0 Å². The van der Waals surface area contributed by atoms with E-state index in [1.165, 1.54) is 44.9 Å². The fraction of sp³-hybridized carbons (Fsp3) is 0.923. The van der Waals surface area contributed by atoms with E-state index in [-0.39, 0.29) is 0 Å². The van der Waals surface area contributed by atoms with Crippen LogP contribution in [0.3, 0.4) is 0 Å². The molecular weight excluding hydrogens is 312 g/mol. The van der Waals surface area contributed by atoms with E-state index >= 15 is 0 Å². The summed E-state index contributed by atoms with van der Waals surface area (Å²) in [6.45, 7) is 16.0. The molecule has 5 saturated carbocycles. The quantitative estimate of drug-likeness (QED) is 0.439. The van der Waals surface area contributed by atoms with Crippen molar-refractivity contribution in [2.75, 3.05) is 0 Å². The fourth-order valence-corrected chi connectivity index (χ4v) is 10.4. The van der Waals surface area contributed by atoms with Gasteiger partial charge in [-0.2, -0.15) is 0 Å². The Labute approximate surface area is 163 Å². The maximum atomic E-state index is 4.27. The van der Waals surface area contributed by atoms with Gasteiger partial charge in [0.25, 0.3) is 0 Å². The van der Waals surface area contributed by atoms with E-state index in [0.29, 0.717) is 10.8 Å². The SMILES string of the molecule is C=CC1CCC2C1(CC)CCC1C23CCC2(C)CC(C)CCCC123.CC. The Morgan fingerprint density at radius 2 is 1.73 bits per heavy atom. The number of rotatable bonds is 2. The summed E-state index contributed by atoms with van der Waals surface area (Å²) in [5, 5.41) is 0. The first kappa shape index (κ1) is 19.1. The zero-order valence-corrected chi connectivity index (χ0v) is 18.4. The van der Waals surface area contributed by atoms with Gasteiger partial charge < -0.3 is 0 Å². The number of hydrogen-bond donors (Lipinski definition) is 0. The minimum absolute atomic E-state index is 0.630. The van der Waals surface area contributed by atoms with Crippen LogP contribution in [0.4, 0.5) is 0 Å². The molecule has 0 bridgehead atoms. The van der Waals surface area contributed by atoms with Crippen molar-refractivity contribution in [3.8, 4) is 0 Å². The van der Waals surface area contributed by atoms with Gasteiger partial charge in [0, 0.05) is 0 Å². The van der Waals surface area contributed by atoms with Gasteiger partial charge in [0.05, 0.1) is 0 Å². The van der Waals surface area contributed by atoms with Crippen LogP contribution in [0.15, 0.2) is 12.7 Å². The Morgan fingerprint density at radius 3 is 2.42 bits per heavy atom. The first-order valence-electron chi connectivity index (χ1n) is 12.1. The van der Waals surface area contributed by atoms with Gasteiger partial charge in [-0.15, -0.1) is 6.58 Å². The molecule has 5 rings (SSSR count). The first-order valence-corrected chi connectivity index (χ1v) is 12.1. The molecule has 26 heavy (non-hydrogen) atoms. The molecule has 5 fully saturated rings. The van der Waals surface area contributed by atoms with Gasteiger partial charge in [-0.3, -0.25) is 0 Å². The Morgan fingerprint density at radius 1 is 0.962 bits per heavy atom. The van der Waals surface area contributed by atoms with Gasteiger partial charge in [0.15, 0.2) is 0 Å². The van der Waals surface area contributed by atoms with Crippen LogP contribution >= 0.6 is 0 Å². The molecular formula is C26H44. The third kappa shape index (κ3) is 1.88. The van der Waals surface area contributed by atoms with Crippen LogP contribution in [0.25, 0.3) is 0 Å². The Hall–Kier alpha value is -0.260. The van der Waals surface area contributed by atoms with Crippen LogP contribution in [0.1, 0.15) is 105 Å². The zero-order chi connectivity index (χ0) is 18.8. The summed E-state index contributed by atoms with van der Waals surface area (Å²) in [5.74, 6) is 3.92. The topological polar surface area (TPSA) is 0 Å². The van der Waals surface area contributed by atoms with E-state index in [1.807, 2.05) is 13.8 Å². The molecule has 0 radical (unpaired) electrons. The standard InChI is InChI=1S/C24H38.C2H6/c1-5-18-9-10-19-22(18,6-2)13-11-20-23(19)15-14-21(4)16-17(3)8-7-12-24(20,21)23;1-2/h5,17-20H,1,6-16H2,2-4H3;1-2H3. The average Bonchev–Trinajstić information content (AvgIpc) is 2.99. The van der Waals surface area contributed by atoms with Crippen molar-refractivity contribution in [1.29, 1.82) is 0 Å². The molecule has 8 atom stereocenters. The van der Waals surface area contributed by atoms with E-state index in [4.69, 9.17) is 0 Å². The lowest BCUT2D eigenvalue weighted by molar-refractivity contribution is 0.0262. The predicted molar refractivity (Wildman–Crippen MR) is 113 cm³/mol. The van der Waals surface area contributed by atoms with Crippen LogP contribution in [0, 0.1) is 45.3 Å². The molecule has 5 aliphatic carbocycles. The summed E-state index contributed by atoms with van der Waals surface area (Å²) in [6.07, 6.45) is 19.1. The monoisotopic (exact) mass is 356 g/mol. The van der Waals surface area contributed by atoms with E-state index in [9.17, 15) is 0 Å². The molecule has 0 aliphatic heterocycles. The second kappa shape index (κ2) is 6.12. The summed E-state index contributed by atoms with van der Waals surface area (Å²) in [7, 11) is 0. The molecule has 5 aliphatic rings. The normalized spacial score (nSPS) is 56.8. The van der Waals surface area contributed by atoms with Crippen LogP contribution in [0.2, 0.25) is 0 Å². The van der Waals surface area contributed by atoms with Gasteiger partial charge in [-0.1, -0.05) is 53.5 Å². The molecule has 8 unspecified atom stereocenters. The van der Waals surface area contributed by atoms with Crippen molar-refractivity contribution in [3.63, 3.8) is 0 Å². The molecule has 2 spiro atoms. The predicted octanol–water partition coefficient (Wildman–Crippen LogP) is 8.03. The lowest BCUT2D eigenvalue weighted by Crippen LogP contribution is -2.40. The zero-order valence-electron chi connectivity index (χ0n) is 18.4. The molecule has 0 saturated heterocycles. The number of hydrogen-bond acceptors (Lipinski definition) is 0. The number of fused-ring (bicyclic) bond motifs is 1. The maximum Gasteiger partial charge on any atom is -0.0147 e. The fourth-order valence-electron chi connectivity index (χ4n) is 10.4. The minimum Gasteiger partial charge on any atom is -0.103 e. The third-order valence-electron chi connectivity index (χ3n) is 10.9. The maximum absolute atomic E-state index is 4.27. The highest BCUT2D eigenvalue weighted by molar-refractivity contribution is 5.36. The van der Waals surface area contributed by atoms with Crippen LogP contribution < -0.4 is 0 Å². The second-order valence-electron chi connectivity index (χ2n) is 10.9. The molecule has 0 aromatic heterocycles. The highest BCUT2D eigenvalue weighted by Gasteiger charge is 2.88. The van der Waals surface area contributed by atoms with Crippen LogP contribution in [0.5, 0.6) is 0 Å². The highest BCUT2D eigenvalue weighted by Crippen LogP contribution is 2.94. The molecule has 0 N–H and O–H groups in total. The Bertz CT molecular complexity index is 562. The molecule has 0 nitrogen and oxygen atoms in total. The van der Waals surface area contributed by atoms with Crippen LogP contribution in [-0.2, 0) is 0 Å². The summed E-state index contributed by atoms with van der Waals surface area (Å²) in [4.78, 5) is 0. The molecule has 148 valence electrons. The van der Waals surface area contributed by atoms with E-state index in [0.717, 1.165) is 34.5 Å². The molecule has 0 aromatic carbocycles. The highest BCUT2D eigenvalue weighted by atomic mass is 14.9. The van der Waals surface area contributed by atoms with Crippen molar-refractivity contribution in [3.05, 3.63) is 12.7 Å². The van der Waals surface area contributed by atoms with Gasteiger partial charge >= 0.3 is 0 Å². The van der Waals surface area contributed by atoms with E-state index in [1.54, 1.807) is 25.7 Å². The van der Waals surface area contributed by atoms with Crippen molar-refractivity contribution >= 4 is 0 Å². The molecule has 0 heteroatoms. The Balaban J connectivity index is 0.000000814. The largest absolute Gasteiger partial charge is 0.103 e. The number of allylic oxidation sites excluding steroid dienone is 1. The first-order chi connectivity index (χ1) is 12.5. The van der Waals surface area contributed by atoms with Crippen molar-refractivity contribution in [2.45, 2.75) is 105 Å². The van der Waals surface area contributed by atoms with Crippen LogP contribution in [-0.4, -0.2) is 0 Å². The minimum atomic E-state index is 0.630. The summed E-state index contributed by atoms with van der Waals surface area (Å²) < 4.78 is 0. The van der Waals surface area contributed by atoms with Crippen molar-refractivity contribution < 1.29 is 0 Å². The van der Waals surface area contributed by atoms with E-state index < -0.39 is 0 Å².